The highest BCUT2D eigenvalue weighted by molar-refractivity contribution is 5.80. The molecule has 1 aromatic carbocycles. The standard InChI is InChI=1S/C12H13FN2O/c13-9-1-2-11-10(7-9)12(16-15-11)8-3-5-14-6-4-8/h1-2,7-8,14H,3-6H2. The van der Waals surface area contributed by atoms with Crippen molar-refractivity contribution in [2.45, 2.75) is 18.8 Å². The lowest BCUT2D eigenvalue weighted by atomic mass is 9.93. The summed E-state index contributed by atoms with van der Waals surface area (Å²) in [6, 6.07) is 4.60. The molecule has 16 heavy (non-hydrogen) atoms. The van der Waals surface area contributed by atoms with Crippen LogP contribution in [0.15, 0.2) is 22.7 Å². The second-order valence-electron chi connectivity index (χ2n) is 4.23. The molecule has 4 heteroatoms. The lowest BCUT2D eigenvalue weighted by Crippen LogP contribution is -2.26. The van der Waals surface area contributed by atoms with E-state index in [2.05, 4.69) is 10.5 Å². The van der Waals surface area contributed by atoms with Crippen molar-refractivity contribution in [2.24, 2.45) is 0 Å². The molecule has 0 spiro atoms. The molecule has 1 aromatic heterocycles. The van der Waals surface area contributed by atoms with E-state index in [0.717, 1.165) is 42.6 Å². The second kappa shape index (κ2) is 3.87. The Labute approximate surface area is 92.6 Å². The van der Waals surface area contributed by atoms with Gasteiger partial charge in [-0.15, -0.1) is 0 Å². The van der Waals surface area contributed by atoms with Gasteiger partial charge in [-0.2, -0.15) is 0 Å². The number of rotatable bonds is 1. The Bertz CT molecular complexity index is 503. The van der Waals surface area contributed by atoms with Crippen molar-refractivity contribution in [3.63, 3.8) is 0 Å². The predicted octanol–water partition coefficient (Wildman–Crippen LogP) is 2.43. The van der Waals surface area contributed by atoms with E-state index in [4.69, 9.17) is 4.52 Å². The van der Waals surface area contributed by atoms with Gasteiger partial charge >= 0.3 is 0 Å². The molecule has 84 valence electrons. The van der Waals surface area contributed by atoms with Gasteiger partial charge in [0.1, 0.15) is 17.1 Å². The molecule has 0 amide bonds. The van der Waals surface area contributed by atoms with Crippen molar-refractivity contribution in [1.29, 1.82) is 0 Å². The lowest BCUT2D eigenvalue weighted by Gasteiger charge is -2.20. The number of piperidine rings is 1. The summed E-state index contributed by atoms with van der Waals surface area (Å²) in [7, 11) is 0. The smallest absolute Gasteiger partial charge is 0.147 e. The fourth-order valence-electron chi connectivity index (χ4n) is 2.31. The summed E-state index contributed by atoms with van der Waals surface area (Å²) in [5, 5.41) is 8.10. The van der Waals surface area contributed by atoms with Gasteiger partial charge in [-0.3, -0.25) is 0 Å². The average molecular weight is 220 g/mol. The topological polar surface area (TPSA) is 38.1 Å². The molecule has 1 fully saturated rings. The molecule has 0 atom stereocenters. The van der Waals surface area contributed by atoms with Gasteiger partial charge in [-0.25, -0.2) is 4.39 Å². The summed E-state index contributed by atoms with van der Waals surface area (Å²) in [4.78, 5) is 0. The number of hydrogen-bond acceptors (Lipinski definition) is 3. The molecule has 1 aliphatic heterocycles. The van der Waals surface area contributed by atoms with Gasteiger partial charge in [0.05, 0.1) is 0 Å². The van der Waals surface area contributed by atoms with E-state index in [1.165, 1.54) is 12.1 Å². The molecular weight excluding hydrogens is 207 g/mol. The predicted molar refractivity (Wildman–Crippen MR) is 58.8 cm³/mol. The van der Waals surface area contributed by atoms with Crippen LogP contribution in [0.1, 0.15) is 24.5 Å². The molecule has 2 aromatic rings. The van der Waals surface area contributed by atoms with Crippen LogP contribution in [0.25, 0.3) is 10.9 Å². The van der Waals surface area contributed by atoms with Crippen molar-refractivity contribution in [3.05, 3.63) is 29.8 Å². The van der Waals surface area contributed by atoms with E-state index in [0.29, 0.717) is 5.92 Å². The first-order valence-electron chi connectivity index (χ1n) is 5.60. The van der Waals surface area contributed by atoms with Crippen LogP contribution in [-0.4, -0.2) is 18.2 Å². The van der Waals surface area contributed by atoms with Crippen LogP contribution >= 0.6 is 0 Å². The zero-order chi connectivity index (χ0) is 11.0. The Balaban J connectivity index is 2.05. The van der Waals surface area contributed by atoms with Crippen LogP contribution in [-0.2, 0) is 0 Å². The minimum absolute atomic E-state index is 0.231. The largest absolute Gasteiger partial charge is 0.360 e. The molecule has 0 radical (unpaired) electrons. The van der Waals surface area contributed by atoms with Crippen molar-refractivity contribution in [1.82, 2.24) is 10.5 Å². The molecule has 1 aliphatic rings. The maximum atomic E-state index is 13.2. The number of aromatic nitrogens is 1. The Morgan fingerprint density at radius 1 is 1.31 bits per heavy atom. The molecule has 3 rings (SSSR count). The monoisotopic (exact) mass is 220 g/mol. The van der Waals surface area contributed by atoms with Gasteiger partial charge in [0, 0.05) is 11.3 Å². The summed E-state index contributed by atoms with van der Waals surface area (Å²) in [5.74, 6) is 0.981. The minimum atomic E-state index is -0.231. The summed E-state index contributed by atoms with van der Waals surface area (Å²) < 4.78 is 18.5. The van der Waals surface area contributed by atoms with Crippen LogP contribution < -0.4 is 5.32 Å². The van der Waals surface area contributed by atoms with Gasteiger partial charge in [0.25, 0.3) is 0 Å². The number of halogens is 1. The van der Waals surface area contributed by atoms with E-state index in [-0.39, 0.29) is 5.82 Å². The highest BCUT2D eigenvalue weighted by Gasteiger charge is 2.22. The SMILES string of the molecule is Fc1ccc2noc(C3CCNCC3)c2c1. The first kappa shape index (κ1) is 9.78. The first-order chi connectivity index (χ1) is 7.84. The third-order valence-electron chi connectivity index (χ3n) is 3.18. The quantitative estimate of drug-likeness (QED) is 0.802. The Kier molecular flexibility index (Phi) is 2.36. The van der Waals surface area contributed by atoms with Crippen LogP contribution in [0, 0.1) is 5.82 Å². The van der Waals surface area contributed by atoms with Gasteiger partial charge in [-0.05, 0) is 44.1 Å². The lowest BCUT2D eigenvalue weighted by molar-refractivity contribution is 0.333. The van der Waals surface area contributed by atoms with Crippen molar-refractivity contribution in [2.75, 3.05) is 13.1 Å². The van der Waals surface area contributed by atoms with Gasteiger partial charge < -0.3 is 9.84 Å². The fraction of sp³-hybridized carbons (Fsp3) is 0.417. The van der Waals surface area contributed by atoms with E-state index in [9.17, 15) is 4.39 Å². The van der Waals surface area contributed by atoms with E-state index < -0.39 is 0 Å². The van der Waals surface area contributed by atoms with Crippen LogP contribution in [0.5, 0.6) is 0 Å². The molecule has 2 heterocycles. The number of fused-ring (bicyclic) bond motifs is 1. The normalized spacial score (nSPS) is 18.1. The molecule has 1 N–H and O–H groups in total. The maximum Gasteiger partial charge on any atom is 0.147 e. The summed E-state index contributed by atoms with van der Waals surface area (Å²) >= 11 is 0. The van der Waals surface area contributed by atoms with Crippen molar-refractivity contribution < 1.29 is 8.91 Å². The van der Waals surface area contributed by atoms with Crippen LogP contribution in [0.3, 0.4) is 0 Å². The highest BCUT2D eigenvalue weighted by atomic mass is 19.1. The van der Waals surface area contributed by atoms with E-state index >= 15 is 0 Å². The summed E-state index contributed by atoms with van der Waals surface area (Å²) in [5.41, 5.74) is 0.745. The molecule has 0 unspecified atom stereocenters. The third-order valence-corrected chi connectivity index (χ3v) is 3.18. The number of benzene rings is 1. The number of nitrogens with zero attached hydrogens (tertiary/aromatic N) is 1. The average Bonchev–Trinajstić information content (AvgIpc) is 2.73. The second-order valence-corrected chi connectivity index (χ2v) is 4.23. The minimum Gasteiger partial charge on any atom is -0.360 e. The maximum absolute atomic E-state index is 13.2. The number of hydrogen-bond donors (Lipinski definition) is 1. The molecule has 0 aliphatic carbocycles. The van der Waals surface area contributed by atoms with Gasteiger partial charge in [0.2, 0.25) is 0 Å². The first-order valence-corrected chi connectivity index (χ1v) is 5.60. The molecule has 0 saturated carbocycles. The van der Waals surface area contributed by atoms with Gasteiger partial charge in [0.15, 0.2) is 0 Å². The summed E-state index contributed by atoms with van der Waals surface area (Å²) in [6.07, 6.45) is 2.06. The Hall–Kier alpha value is -1.42. The van der Waals surface area contributed by atoms with Gasteiger partial charge in [-0.1, -0.05) is 5.16 Å². The van der Waals surface area contributed by atoms with E-state index in [1.807, 2.05) is 0 Å². The number of nitrogens with one attached hydrogen (secondary N) is 1. The molecule has 3 nitrogen and oxygen atoms in total. The van der Waals surface area contributed by atoms with Crippen molar-refractivity contribution >= 4 is 10.9 Å². The van der Waals surface area contributed by atoms with Crippen LogP contribution in [0.2, 0.25) is 0 Å². The Morgan fingerprint density at radius 3 is 2.94 bits per heavy atom. The highest BCUT2D eigenvalue weighted by Crippen LogP contribution is 2.31. The molecule has 1 saturated heterocycles. The molecule has 0 bridgehead atoms. The fourth-order valence-corrected chi connectivity index (χ4v) is 2.31. The zero-order valence-corrected chi connectivity index (χ0v) is 8.87. The van der Waals surface area contributed by atoms with Crippen LogP contribution in [0.4, 0.5) is 4.39 Å². The van der Waals surface area contributed by atoms with Crippen molar-refractivity contribution in [3.8, 4) is 0 Å². The molecular formula is C12H13FN2O. The zero-order valence-electron chi connectivity index (χ0n) is 8.87. The summed E-state index contributed by atoms with van der Waals surface area (Å²) in [6.45, 7) is 1.98. The third kappa shape index (κ3) is 1.59. The Morgan fingerprint density at radius 2 is 2.12 bits per heavy atom. The van der Waals surface area contributed by atoms with E-state index in [1.54, 1.807) is 6.07 Å².